The minimum Gasteiger partial charge on any atom is -0.461 e. The highest BCUT2D eigenvalue weighted by atomic mass is 16.5. The highest BCUT2D eigenvalue weighted by Crippen LogP contribution is 2.36. The fraction of sp³-hybridized carbons (Fsp3) is 0.421. The van der Waals surface area contributed by atoms with Gasteiger partial charge < -0.3 is 9.72 Å². The van der Waals surface area contributed by atoms with Crippen molar-refractivity contribution < 1.29 is 9.53 Å². The lowest BCUT2D eigenvalue weighted by atomic mass is 9.98. The number of carbonyl (C=O) groups excluding carboxylic acids is 1. The number of hydrogen-bond donors (Lipinski definition) is 1. The van der Waals surface area contributed by atoms with Gasteiger partial charge in [0.05, 0.1) is 6.61 Å². The lowest BCUT2D eigenvalue weighted by molar-refractivity contribution is 0.0520. The van der Waals surface area contributed by atoms with Gasteiger partial charge in [0.2, 0.25) is 0 Å². The Bertz CT molecular complexity index is 630. The van der Waals surface area contributed by atoms with Crippen LogP contribution in [0, 0.1) is 0 Å². The van der Waals surface area contributed by atoms with Gasteiger partial charge in [-0.05, 0) is 62.1 Å². The SMILES string of the molecule is CCOC(=O)c1cc2c([nH]1)C(CCCc1ccccc1)CC2. The van der Waals surface area contributed by atoms with Crippen molar-refractivity contribution in [3.05, 3.63) is 58.9 Å². The Morgan fingerprint density at radius 1 is 1.32 bits per heavy atom. The predicted octanol–water partition coefficient (Wildman–Crippen LogP) is 4.24. The molecule has 1 aromatic carbocycles. The number of nitrogens with one attached hydrogen (secondary N) is 1. The van der Waals surface area contributed by atoms with Crippen molar-refractivity contribution in [2.75, 3.05) is 6.61 Å². The summed E-state index contributed by atoms with van der Waals surface area (Å²) in [5, 5.41) is 0. The maximum Gasteiger partial charge on any atom is 0.354 e. The molecule has 116 valence electrons. The van der Waals surface area contributed by atoms with E-state index < -0.39 is 0 Å². The third-order valence-electron chi connectivity index (χ3n) is 4.46. The van der Waals surface area contributed by atoms with Gasteiger partial charge in [-0.1, -0.05) is 30.3 Å². The third kappa shape index (κ3) is 3.24. The number of esters is 1. The molecule has 0 bridgehead atoms. The first-order chi connectivity index (χ1) is 10.8. The average Bonchev–Trinajstić information content (AvgIpc) is 3.10. The minimum absolute atomic E-state index is 0.236. The van der Waals surface area contributed by atoms with Crippen LogP contribution in [0.2, 0.25) is 0 Å². The topological polar surface area (TPSA) is 42.1 Å². The summed E-state index contributed by atoms with van der Waals surface area (Å²) >= 11 is 0. The first kappa shape index (κ1) is 14.9. The fourth-order valence-corrected chi connectivity index (χ4v) is 3.36. The van der Waals surface area contributed by atoms with E-state index in [1.807, 2.05) is 13.0 Å². The van der Waals surface area contributed by atoms with Crippen LogP contribution in [0.4, 0.5) is 0 Å². The molecule has 1 heterocycles. The van der Waals surface area contributed by atoms with Gasteiger partial charge in [0.1, 0.15) is 5.69 Å². The number of aryl methyl sites for hydroxylation is 2. The Morgan fingerprint density at radius 2 is 2.14 bits per heavy atom. The first-order valence-corrected chi connectivity index (χ1v) is 8.20. The van der Waals surface area contributed by atoms with Crippen molar-refractivity contribution in [1.29, 1.82) is 0 Å². The maximum atomic E-state index is 11.8. The Morgan fingerprint density at radius 3 is 2.91 bits per heavy atom. The van der Waals surface area contributed by atoms with E-state index in [-0.39, 0.29) is 5.97 Å². The van der Waals surface area contributed by atoms with Gasteiger partial charge in [-0.2, -0.15) is 0 Å². The molecule has 2 aromatic rings. The molecule has 1 N–H and O–H groups in total. The second kappa shape index (κ2) is 6.82. The van der Waals surface area contributed by atoms with Crippen LogP contribution < -0.4 is 0 Å². The Hall–Kier alpha value is -2.03. The van der Waals surface area contributed by atoms with Crippen LogP contribution >= 0.6 is 0 Å². The van der Waals surface area contributed by atoms with E-state index in [9.17, 15) is 4.79 Å². The summed E-state index contributed by atoms with van der Waals surface area (Å²) in [5.74, 6) is 0.321. The van der Waals surface area contributed by atoms with Crippen LogP contribution in [0.15, 0.2) is 36.4 Å². The maximum absolute atomic E-state index is 11.8. The average molecular weight is 297 g/mol. The van der Waals surface area contributed by atoms with E-state index in [0.717, 1.165) is 12.8 Å². The van der Waals surface area contributed by atoms with Crippen LogP contribution in [0.5, 0.6) is 0 Å². The van der Waals surface area contributed by atoms with Gasteiger partial charge in [-0.3, -0.25) is 0 Å². The highest BCUT2D eigenvalue weighted by molar-refractivity contribution is 5.88. The lowest BCUT2D eigenvalue weighted by Gasteiger charge is -2.10. The van der Waals surface area contributed by atoms with Crippen LogP contribution in [0.3, 0.4) is 0 Å². The van der Waals surface area contributed by atoms with Crippen LogP contribution in [0.25, 0.3) is 0 Å². The molecule has 3 heteroatoms. The lowest BCUT2D eigenvalue weighted by Crippen LogP contribution is -2.06. The normalized spacial score (nSPS) is 16.5. The monoisotopic (exact) mass is 297 g/mol. The van der Waals surface area contributed by atoms with Gasteiger partial charge in [0, 0.05) is 5.69 Å². The van der Waals surface area contributed by atoms with Gasteiger partial charge >= 0.3 is 5.97 Å². The molecular formula is C19H23NO2. The number of aromatic amines is 1. The van der Waals surface area contributed by atoms with Gasteiger partial charge in [-0.15, -0.1) is 0 Å². The van der Waals surface area contributed by atoms with E-state index in [0.29, 0.717) is 18.2 Å². The highest BCUT2D eigenvalue weighted by Gasteiger charge is 2.26. The number of ether oxygens (including phenoxy) is 1. The van der Waals surface area contributed by atoms with E-state index >= 15 is 0 Å². The fourth-order valence-electron chi connectivity index (χ4n) is 3.36. The zero-order valence-corrected chi connectivity index (χ0v) is 13.1. The quantitative estimate of drug-likeness (QED) is 0.810. The molecule has 0 fully saturated rings. The minimum atomic E-state index is -0.236. The summed E-state index contributed by atoms with van der Waals surface area (Å²) in [6.45, 7) is 2.25. The zero-order chi connectivity index (χ0) is 15.4. The summed E-state index contributed by atoms with van der Waals surface area (Å²) in [4.78, 5) is 15.1. The molecule has 0 spiro atoms. The van der Waals surface area contributed by atoms with Gasteiger partial charge in [-0.25, -0.2) is 4.79 Å². The third-order valence-corrected chi connectivity index (χ3v) is 4.46. The molecule has 3 rings (SSSR count). The van der Waals surface area contributed by atoms with Gasteiger partial charge in [0.15, 0.2) is 0 Å². The Labute approximate surface area is 131 Å². The van der Waals surface area contributed by atoms with Crippen LogP contribution in [-0.2, 0) is 17.6 Å². The molecule has 3 nitrogen and oxygen atoms in total. The largest absolute Gasteiger partial charge is 0.461 e. The number of hydrogen-bond acceptors (Lipinski definition) is 2. The predicted molar refractivity (Wildman–Crippen MR) is 87.2 cm³/mol. The molecule has 1 atom stereocenters. The second-order valence-corrected chi connectivity index (χ2v) is 5.96. The molecule has 1 aliphatic carbocycles. The molecule has 22 heavy (non-hydrogen) atoms. The molecule has 0 aliphatic heterocycles. The number of benzene rings is 1. The van der Waals surface area contributed by atoms with Crippen molar-refractivity contribution in [2.45, 2.75) is 44.9 Å². The molecule has 1 aromatic heterocycles. The van der Waals surface area contributed by atoms with E-state index in [1.165, 1.54) is 36.1 Å². The number of rotatable bonds is 6. The number of carbonyl (C=O) groups is 1. The molecule has 0 radical (unpaired) electrons. The summed E-state index contributed by atoms with van der Waals surface area (Å²) in [6, 6.07) is 12.6. The summed E-state index contributed by atoms with van der Waals surface area (Å²) in [5.41, 5.74) is 4.57. The molecule has 0 saturated carbocycles. The molecule has 0 saturated heterocycles. The number of fused-ring (bicyclic) bond motifs is 1. The molecular weight excluding hydrogens is 274 g/mol. The first-order valence-electron chi connectivity index (χ1n) is 8.20. The molecule has 0 amide bonds. The van der Waals surface area contributed by atoms with E-state index in [4.69, 9.17) is 4.74 Å². The summed E-state index contributed by atoms with van der Waals surface area (Å²) in [7, 11) is 0. The van der Waals surface area contributed by atoms with Crippen molar-refractivity contribution in [1.82, 2.24) is 4.98 Å². The zero-order valence-electron chi connectivity index (χ0n) is 13.1. The molecule has 1 unspecified atom stereocenters. The number of H-pyrrole nitrogens is 1. The molecule has 1 aliphatic rings. The van der Waals surface area contributed by atoms with Crippen LogP contribution in [0.1, 0.15) is 59.4 Å². The van der Waals surface area contributed by atoms with Crippen molar-refractivity contribution in [3.63, 3.8) is 0 Å². The standard InChI is InChI=1S/C19H23NO2/c1-2-22-19(21)17-13-16-12-11-15(18(16)20-17)10-6-9-14-7-4-3-5-8-14/h3-5,7-8,13,15,20H,2,6,9-12H2,1H3. The second-order valence-electron chi connectivity index (χ2n) is 5.96. The van der Waals surface area contributed by atoms with Crippen molar-refractivity contribution in [3.8, 4) is 0 Å². The Kier molecular flexibility index (Phi) is 4.62. The Balaban J connectivity index is 1.58. The van der Waals surface area contributed by atoms with E-state index in [2.05, 4.69) is 35.3 Å². The van der Waals surface area contributed by atoms with Crippen molar-refractivity contribution in [2.24, 2.45) is 0 Å². The summed E-state index contributed by atoms with van der Waals surface area (Å²) in [6.07, 6.45) is 5.74. The smallest absolute Gasteiger partial charge is 0.354 e. The van der Waals surface area contributed by atoms with Crippen LogP contribution in [-0.4, -0.2) is 17.6 Å². The summed E-state index contributed by atoms with van der Waals surface area (Å²) < 4.78 is 5.07. The van der Waals surface area contributed by atoms with E-state index in [1.54, 1.807) is 0 Å². The van der Waals surface area contributed by atoms with Crippen molar-refractivity contribution >= 4 is 5.97 Å². The van der Waals surface area contributed by atoms with Gasteiger partial charge in [0.25, 0.3) is 0 Å². The number of aromatic nitrogens is 1.